The Morgan fingerprint density at radius 2 is 1.83 bits per heavy atom. The molecule has 1 aromatic carbocycles. The maximum Gasteiger partial charge on any atom is 0.494 e. The van der Waals surface area contributed by atoms with Crippen molar-refractivity contribution in [3.05, 3.63) is 23.8 Å². The number of hydrogen-bond donors (Lipinski definition) is 0. The Hall–Kier alpha value is -1.99. The van der Waals surface area contributed by atoms with Gasteiger partial charge in [-0.15, -0.1) is 0 Å². The van der Waals surface area contributed by atoms with Crippen molar-refractivity contribution < 1.29 is 18.9 Å². The average Bonchev–Trinajstić information content (AvgIpc) is 3.51. The summed E-state index contributed by atoms with van der Waals surface area (Å²) >= 11 is 0. The molecule has 3 aliphatic heterocycles. The van der Waals surface area contributed by atoms with Crippen LogP contribution in [0.5, 0.6) is 0 Å². The molecule has 35 heavy (non-hydrogen) atoms. The third-order valence-electron chi connectivity index (χ3n) is 9.07. The smallest absolute Gasteiger partial charge is 0.399 e. The summed E-state index contributed by atoms with van der Waals surface area (Å²) in [6.45, 7) is 14.0. The van der Waals surface area contributed by atoms with Crippen molar-refractivity contribution in [2.75, 3.05) is 0 Å². The zero-order valence-corrected chi connectivity index (χ0v) is 22.3. The van der Waals surface area contributed by atoms with Crippen molar-refractivity contribution in [2.45, 2.75) is 104 Å². The van der Waals surface area contributed by atoms with Gasteiger partial charge in [0.25, 0.3) is 0 Å². The highest BCUT2D eigenvalue weighted by Gasteiger charge is 2.53. The first-order valence-electron chi connectivity index (χ1n) is 13.3. The first-order chi connectivity index (χ1) is 16.4. The van der Waals surface area contributed by atoms with Gasteiger partial charge >= 0.3 is 7.12 Å². The van der Waals surface area contributed by atoms with Crippen LogP contribution in [0.25, 0.3) is 0 Å². The molecule has 188 valence electrons. The highest BCUT2D eigenvalue weighted by atomic mass is 16.7. The molecule has 0 radical (unpaired) electrons. The predicted molar refractivity (Wildman–Crippen MR) is 138 cm³/mol. The highest BCUT2D eigenvalue weighted by Crippen LogP contribution is 2.46. The SMILES string of the molecule is CC(=O)CC(C(=O)N1C(C2=Nc3ccc(B4OC(C)(C)C(C)(C)O4)cc3C2)[C@H]2CC[C@@H]1C2)C(C)C. The molecule has 1 aromatic rings. The Labute approximate surface area is 210 Å². The van der Waals surface area contributed by atoms with E-state index in [9.17, 15) is 9.59 Å². The number of ketones is 1. The summed E-state index contributed by atoms with van der Waals surface area (Å²) in [5.41, 5.74) is 3.51. The minimum absolute atomic E-state index is 0.0437. The number of rotatable bonds is 6. The fourth-order valence-corrected chi connectivity index (χ4v) is 6.39. The van der Waals surface area contributed by atoms with Gasteiger partial charge in [0.05, 0.1) is 22.9 Å². The van der Waals surface area contributed by atoms with E-state index in [-0.39, 0.29) is 46.8 Å². The maximum atomic E-state index is 13.8. The molecule has 0 spiro atoms. The molecule has 3 heterocycles. The van der Waals surface area contributed by atoms with Gasteiger partial charge in [0.1, 0.15) is 5.78 Å². The number of amides is 1. The number of fused-ring (bicyclic) bond motifs is 3. The molecule has 1 saturated carbocycles. The average molecular weight is 478 g/mol. The summed E-state index contributed by atoms with van der Waals surface area (Å²) in [5.74, 6) is 0.567. The minimum Gasteiger partial charge on any atom is -0.399 e. The van der Waals surface area contributed by atoms with Crippen molar-refractivity contribution in [2.24, 2.45) is 22.7 Å². The highest BCUT2D eigenvalue weighted by molar-refractivity contribution is 6.62. The Morgan fingerprint density at radius 1 is 1.14 bits per heavy atom. The molecule has 2 saturated heterocycles. The molecule has 2 unspecified atom stereocenters. The van der Waals surface area contributed by atoms with E-state index in [4.69, 9.17) is 14.3 Å². The van der Waals surface area contributed by atoms with E-state index >= 15 is 0 Å². The first-order valence-corrected chi connectivity index (χ1v) is 13.3. The number of nitrogens with zero attached hydrogens (tertiary/aromatic N) is 2. The van der Waals surface area contributed by atoms with Crippen LogP contribution < -0.4 is 5.46 Å². The largest absolute Gasteiger partial charge is 0.494 e. The number of piperidine rings is 1. The second-order valence-corrected chi connectivity index (χ2v) is 12.4. The lowest BCUT2D eigenvalue weighted by Gasteiger charge is -2.38. The fraction of sp³-hybridized carbons (Fsp3) is 0.679. The molecule has 1 amide bonds. The van der Waals surface area contributed by atoms with Gasteiger partial charge in [-0.25, -0.2) is 0 Å². The molecule has 3 fully saturated rings. The second-order valence-electron chi connectivity index (χ2n) is 12.4. The monoisotopic (exact) mass is 478 g/mol. The number of Topliss-reactive ketones (excluding diaryl/α,β-unsaturated/α-hetero) is 1. The lowest BCUT2D eigenvalue weighted by Crippen LogP contribution is -2.52. The van der Waals surface area contributed by atoms with E-state index in [1.165, 1.54) is 5.56 Å². The van der Waals surface area contributed by atoms with Gasteiger partial charge in [0, 0.05) is 30.5 Å². The Bertz CT molecular complexity index is 1060. The number of carbonyl (C=O) groups excluding carboxylic acids is 2. The van der Waals surface area contributed by atoms with Crippen molar-refractivity contribution in [1.82, 2.24) is 4.90 Å². The van der Waals surface area contributed by atoms with E-state index in [1.54, 1.807) is 6.92 Å². The van der Waals surface area contributed by atoms with Crippen LogP contribution in [0.4, 0.5) is 5.69 Å². The van der Waals surface area contributed by atoms with Gasteiger partial charge in [0.15, 0.2) is 0 Å². The number of aliphatic imine (C=N–C) groups is 1. The minimum atomic E-state index is -0.395. The third kappa shape index (κ3) is 4.19. The maximum absolute atomic E-state index is 13.8. The van der Waals surface area contributed by atoms with Gasteiger partial charge in [-0.2, -0.15) is 0 Å². The van der Waals surface area contributed by atoms with E-state index in [1.807, 2.05) is 0 Å². The molecule has 7 heteroatoms. The van der Waals surface area contributed by atoms with Crippen LogP contribution in [-0.2, 0) is 25.3 Å². The van der Waals surface area contributed by atoms with Crippen LogP contribution in [0.2, 0.25) is 0 Å². The first kappa shape index (κ1) is 24.7. The quantitative estimate of drug-likeness (QED) is 0.574. The van der Waals surface area contributed by atoms with Gasteiger partial charge in [-0.3, -0.25) is 9.79 Å². The molecule has 5 rings (SSSR count). The lowest BCUT2D eigenvalue weighted by atomic mass is 9.78. The summed E-state index contributed by atoms with van der Waals surface area (Å²) in [6.07, 6.45) is 4.33. The lowest BCUT2D eigenvalue weighted by molar-refractivity contribution is -0.142. The van der Waals surface area contributed by atoms with Gasteiger partial charge < -0.3 is 19.0 Å². The van der Waals surface area contributed by atoms with E-state index in [0.29, 0.717) is 12.3 Å². The summed E-state index contributed by atoms with van der Waals surface area (Å²) in [6, 6.07) is 6.60. The van der Waals surface area contributed by atoms with Crippen molar-refractivity contribution >= 4 is 35.7 Å². The molecule has 4 aliphatic rings. The van der Waals surface area contributed by atoms with E-state index < -0.39 is 7.12 Å². The van der Waals surface area contributed by atoms with Gasteiger partial charge in [-0.1, -0.05) is 26.0 Å². The number of likely N-dealkylation sites (tertiary alicyclic amines) is 1. The van der Waals surface area contributed by atoms with E-state index in [2.05, 4.69) is 64.6 Å². The molecule has 2 bridgehead atoms. The van der Waals surface area contributed by atoms with Crippen LogP contribution in [-0.4, -0.2) is 52.7 Å². The topological polar surface area (TPSA) is 68.2 Å². The Balaban J connectivity index is 1.37. The van der Waals surface area contributed by atoms with Crippen LogP contribution in [0, 0.1) is 17.8 Å². The number of hydrogen-bond acceptors (Lipinski definition) is 5. The summed E-state index contributed by atoms with van der Waals surface area (Å²) in [7, 11) is -0.395. The third-order valence-corrected chi connectivity index (χ3v) is 9.07. The van der Waals surface area contributed by atoms with Crippen LogP contribution in [0.3, 0.4) is 0 Å². The molecular formula is C28H39BN2O4. The van der Waals surface area contributed by atoms with Crippen molar-refractivity contribution in [3.8, 4) is 0 Å². The van der Waals surface area contributed by atoms with E-state index in [0.717, 1.165) is 42.5 Å². The van der Waals surface area contributed by atoms with Crippen LogP contribution >= 0.6 is 0 Å². The number of carbonyl (C=O) groups is 2. The van der Waals surface area contributed by atoms with Crippen LogP contribution in [0.15, 0.2) is 23.2 Å². The Kier molecular flexibility index (Phi) is 6.03. The molecular weight excluding hydrogens is 439 g/mol. The molecule has 0 aromatic heterocycles. The van der Waals surface area contributed by atoms with Crippen LogP contribution in [0.1, 0.15) is 79.7 Å². The van der Waals surface area contributed by atoms with Crippen molar-refractivity contribution in [1.29, 1.82) is 0 Å². The van der Waals surface area contributed by atoms with Crippen molar-refractivity contribution in [3.63, 3.8) is 0 Å². The summed E-state index contributed by atoms with van der Waals surface area (Å²) in [5, 5.41) is 0. The Morgan fingerprint density at radius 3 is 2.46 bits per heavy atom. The zero-order valence-electron chi connectivity index (χ0n) is 22.3. The molecule has 6 nitrogen and oxygen atoms in total. The normalized spacial score (nSPS) is 29.0. The summed E-state index contributed by atoms with van der Waals surface area (Å²) < 4.78 is 12.5. The predicted octanol–water partition coefficient (Wildman–Crippen LogP) is 4.25. The van der Waals surface area contributed by atoms with Gasteiger partial charge in [0.2, 0.25) is 5.91 Å². The van der Waals surface area contributed by atoms with Gasteiger partial charge in [-0.05, 0) is 82.8 Å². The summed E-state index contributed by atoms with van der Waals surface area (Å²) in [4.78, 5) is 32.9. The second kappa shape index (κ2) is 8.55. The molecule has 1 aliphatic carbocycles. The molecule has 4 atom stereocenters. The number of benzene rings is 1. The standard InChI is InChI=1S/C28H39BN2O4/c1-16(2)22(12-17(3)32)26(33)31-21-10-8-18(14-21)25(31)24-15-19-13-20(9-11-23(19)30-24)29-34-27(4,5)28(6,7)35-29/h9,11,13,16,18,21-22,25H,8,10,12,14-15H2,1-7H3/t18-,21+,22?,25?/m0/s1. The molecule has 0 N–H and O–H groups in total. The zero-order chi connectivity index (χ0) is 25.3. The fourth-order valence-electron chi connectivity index (χ4n) is 6.39.